The fraction of sp³-hybridized carbons (Fsp3) is 0.909. The molecule has 3 heteroatoms. The summed E-state index contributed by atoms with van der Waals surface area (Å²) in [6.07, 6.45) is 5.92. The number of hydrogen-bond donors (Lipinski definition) is 1. The van der Waals surface area contributed by atoms with E-state index in [0.29, 0.717) is 24.6 Å². The lowest BCUT2D eigenvalue weighted by Crippen LogP contribution is -2.30. The Kier molecular flexibility index (Phi) is 2.01. The van der Waals surface area contributed by atoms with Crippen LogP contribution in [-0.2, 0) is 9.53 Å². The van der Waals surface area contributed by atoms with Crippen molar-refractivity contribution in [2.75, 3.05) is 6.61 Å². The lowest BCUT2D eigenvalue weighted by Gasteiger charge is -2.18. The van der Waals surface area contributed by atoms with Crippen molar-refractivity contribution in [2.45, 2.75) is 44.2 Å². The molecule has 0 spiro atoms. The Morgan fingerprint density at radius 1 is 1.29 bits per heavy atom. The van der Waals surface area contributed by atoms with Gasteiger partial charge in [-0.2, -0.15) is 0 Å². The molecule has 0 aromatic rings. The Morgan fingerprint density at radius 3 is 2.71 bits per heavy atom. The summed E-state index contributed by atoms with van der Waals surface area (Å²) in [4.78, 5) is 11.7. The van der Waals surface area contributed by atoms with Crippen molar-refractivity contribution in [3.8, 4) is 0 Å². The van der Waals surface area contributed by atoms with E-state index < -0.39 is 0 Å². The first-order valence-corrected chi connectivity index (χ1v) is 5.75. The largest absolute Gasteiger partial charge is 0.465 e. The second-order valence-corrected chi connectivity index (χ2v) is 4.96. The first-order valence-electron chi connectivity index (χ1n) is 5.75. The molecule has 3 aliphatic rings. The summed E-state index contributed by atoms with van der Waals surface area (Å²) >= 11 is 0. The number of hydrogen-bond acceptors (Lipinski definition) is 3. The summed E-state index contributed by atoms with van der Waals surface area (Å²) in [6.45, 7) is 0.673. The molecule has 2 saturated heterocycles. The highest BCUT2D eigenvalue weighted by atomic mass is 16.5. The summed E-state index contributed by atoms with van der Waals surface area (Å²) in [5.41, 5.74) is 0. The van der Waals surface area contributed by atoms with Crippen LogP contribution in [0, 0.1) is 11.8 Å². The van der Waals surface area contributed by atoms with Crippen LogP contribution in [0.3, 0.4) is 0 Å². The number of carbonyl (C=O) groups is 1. The SMILES string of the molecule is O=C(OCC1CC1)C1CC2CCC1N2. The van der Waals surface area contributed by atoms with Gasteiger partial charge in [-0.1, -0.05) is 0 Å². The van der Waals surface area contributed by atoms with E-state index in [1.165, 1.54) is 19.3 Å². The van der Waals surface area contributed by atoms with Crippen molar-refractivity contribution in [1.82, 2.24) is 5.32 Å². The lowest BCUT2D eigenvalue weighted by molar-refractivity contribution is -0.149. The van der Waals surface area contributed by atoms with Crippen molar-refractivity contribution in [3.63, 3.8) is 0 Å². The maximum absolute atomic E-state index is 11.7. The van der Waals surface area contributed by atoms with Gasteiger partial charge in [0.2, 0.25) is 0 Å². The predicted molar refractivity (Wildman–Crippen MR) is 51.7 cm³/mol. The van der Waals surface area contributed by atoms with E-state index in [9.17, 15) is 4.79 Å². The van der Waals surface area contributed by atoms with Gasteiger partial charge in [-0.25, -0.2) is 0 Å². The van der Waals surface area contributed by atoms with Crippen molar-refractivity contribution < 1.29 is 9.53 Å². The molecule has 2 aliphatic heterocycles. The van der Waals surface area contributed by atoms with Gasteiger partial charge >= 0.3 is 5.97 Å². The van der Waals surface area contributed by atoms with E-state index in [2.05, 4.69) is 5.32 Å². The molecule has 1 saturated carbocycles. The smallest absolute Gasteiger partial charge is 0.310 e. The molecule has 0 aromatic heterocycles. The zero-order chi connectivity index (χ0) is 9.54. The number of esters is 1. The quantitative estimate of drug-likeness (QED) is 0.685. The predicted octanol–water partition coefficient (Wildman–Crippen LogP) is 1.08. The van der Waals surface area contributed by atoms with Gasteiger partial charge in [-0.05, 0) is 38.0 Å². The summed E-state index contributed by atoms with van der Waals surface area (Å²) in [6, 6.07) is 1.02. The topological polar surface area (TPSA) is 38.3 Å². The minimum atomic E-state index is 0.0524. The molecule has 1 aliphatic carbocycles. The van der Waals surface area contributed by atoms with Crippen molar-refractivity contribution in [3.05, 3.63) is 0 Å². The standard InChI is InChI=1S/C11H17NO2/c13-11(14-6-7-1-2-7)9-5-8-3-4-10(9)12-8/h7-10,12H,1-6H2. The monoisotopic (exact) mass is 195 g/mol. The van der Waals surface area contributed by atoms with E-state index in [1.54, 1.807) is 0 Å². The Labute approximate surface area is 84.2 Å². The van der Waals surface area contributed by atoms with Crippen molar-refractivity contribution in [2.24, 2.45) is 11.8 Å². The van der Waals surface area contributed by atoms with Crippen LogP contribution in [0.15, 0.2) is 0 Å². The average Bonchev–Trinajstić information content (AvgIpc) is 2.79. The number of nitrogens with one attached hydrogen (secondary N) is 1. The van der Waals surface area contributed by atoms with Gasteiger partial charge in [0, 0.05) is 12.1 Å². The highest BCUT2D eigenvalue weighted by Crippen LogP contribution is 2.35. The molecule has 1 N–H and O–H groups in total. The number of carbonyl (C=O) groups excluding carboxylic acids is 1. The molecule has 0 radical (unpaired) electrons. The Morgan fingerprint density at radius 2 is 2.14 bits per heavy atom. The van der Waals surface area contributed by atoms with Gasteiger partial charge in [0.05, 0.1) is 12.5 Å². The molecule has 3 rings (SSSR count). The minimum absolute atomic E-state index is 0.0524. The summed E-state index contributed by atoms with van der Waals surface area (Å²) in [7, 11) is 0. The highest BCUT2D eigenvalue weighted by Gasteiger charge is 2.43. The van der Waals surface area contributed by atoms with Crippen LogP contribution < -0.4 is 5.32 Å². The van der Waals surface area contributed by atoms with Crippen LogP contribution in [0.1, 0.15) is 32.1 Å². The zero-order valence-corrected chi connectivity index (χ0v) is 8.37. The molecule has 14 heavy (non-hydrogen) atoms. The van der Waals surface area contributed by atoms with Crippen LogP contribution >= 0.6 is 0 Å². The van der Waals surface area contributed by atoms with Gasteiger partial charge in [0.15, 0.2) is 0 Å². The van der Waals surface area contributed by atoms with E-state index in [1.807, 2.05) is 0 Å². The maximum Gasteiger partial charge on any atom is 0.310 e. The average molecular weight is 195 g/mol. The second kappa shape index (κ2) is 3.23. The van der Waals surface area contributed by atoms with E-state index >= 15 is 0 Å². The molecule has 3 atom stereocenters. The molecule has 2 bridgehead atoms. The Hall–Kier alpha value is -0.570. The normalized spacial score (nSPS) is 40.1. The molecular formula is C11H17NO2. The van der Waals surface area contributed by atoms with Crippen LogP contribution in [0.5, 0.6) is 0 Å². The fourth-order valence-corrected chi connectivity index (χ4v) is 2.68. The Balaban J connectivity index is 1.51. The molecule has 2 heterocycles. The van der Waals surface area contributed by atoms with Gasteiger partial charge in [-0.15, -0.1) is 0 Å². The molecule has 3 nitrogen and oxygen atoms in total. The molecule has 0 amide bonds. The van der Waals surface area contributed by atoms with E-state index in [0.717, 1.165) is 12.8 Å². The zero-order valence-electron chi connectivity index (χ0n) is 8.37. The minimum Gasteiger partial charge on any atom is -0.465 e. The number of rotatable bonds is 3. The van der Waals surface area contributed by atoms with Gasteiger partial charge in [-0.3, -0.25) is 4.79 Å². The summed E-state index contributed by atoms with van der Waals surface area (Å²) in [5.74, 6) is 0.898. The first kappa shape index (κ1) is 8.72. The molecule has 3 unspecified atom stereocenters. The lowest BCUT2D eigenvalue weighted by atomic mass is 9.89. The van der Waals surface area contributed by atoms with Crippen LogP contribution in [-0.4, -0.2) is 24.7 Å². The maximum atomic E-state index is 11.7. The first-order chi connectivity index (χ1) is 6.83. The summed E-state index contributed by atoms with van der Waals surface area (Å²) in [5, 5.41) is 3.46. The molecule has 78 valence electrons. The number of fused-ring (bicyclic) bond motifs is 2. The second-order valence-electron chi connectivity index (χ2n) is 4.96. The van der Waals surface area contributed by atoms with Crippen LogP contribution in [0.2, 0.25) is 0 Å². The summed E-state index contributed by atoms with van der Waals surface area (Å²) < 4.78 is 5.32. The van der Waals surface area contributed by atoms with E-state index in [-0.39, 0.29) is 11.9 Å². The van der Waals surface area contributed by atoms with E-state index in [4.69, 9.17) is 4.74 Å². The highest BCUT2D eigenvalue weighted by molar-refractivity contribution is 5.74. The molecular weight excluding hydrogens is 178 g/mol. The van der Waals surface area contributed by atoms with Crippen LogP contribution in [0.25, 0.3) is 0 Å². The third kappa shape index (κ3) is 1.54. The van der Waals surface area contributed by atoms with Crippen LogP contribution in [0.4, 0.5) is 0 Å². The third-order valence-corrected chi connectivity index (χ3v) is 3.76. The van der Waals surface area contributed by atoms with Gasteiger partial charge in [0.1, 0.15) is 0 Å². The number of ether oxygens (including phenoxy) is 1. The van der Waals surface area contributed by atoms with Gasteiger partial charge in [0.25, 0.3) is 0 Å². The van der Waals surface area contributed by atoms with Crippen molar-refractivity contribution >= 4 is 5.97 Å². The fourth-order valence-electron chi connectivity index (χ4n) is 2.68. The van der Waals surface area contributed by atoms with Crippen molar-refractivity contribution in [1.29, 1.82) is 0 Å². The molecule has 3 fully saturated rings. The molecule has 0 aromatic carbocycles. The third-order valence-electron chi connectivity index (χ3n) is 3.76. The Bertz CT molecular complexity index is 250. The van der Waals surface area contributed by atoms with Gasteiger partial charge < -0.3 is 10.1 Å².